The van der Waals surface area contributed by atoms with Crippen LogP contribution >= 0.6 is 12.2 Å². The third kappa shape index (κ3) is 4.00. The smallest absolute Gasteiger partial charge is 0.269 e. The minimum absolute atomic E-state index is 0.00324. The molecular weight excluding hydrogens is 328 g/mol. The number of nitro benzene ring substituents is 1. The van der Waals surface area contributed by atoms with Gasteiger partial charge in [0.05, 0.1) is 10.8 Å². The van der Waals surface area contributed by atoms with Crippen LogP contribution in [-0.2, 0) is 4.79 Å². The van der Waals surface area contributed by atoms with E-state index in [1.165, 1.54) is 12.1 Å². The van der Waals surface area contributed by atoms with Crippen LogP contribution in [0.4, 0.5) is 5.69 Å². The number of benzene rings is 1. The summed E-state index contributed by atoms with van der Waals surface area (Å²) in [6, 6.07) is 6.73. The molecule has 0 aliphatic heterocycles. The summed E-state index contributed by atoms with van der Waals surface area (Å²) in [7, 11) is 0. The molecule has 1 aromatic rings. The number of rotatable bonds is 5. The van der Waals surface area contributed by atoms with Gasteiger partial charge in [0, 0.05) is 18.2 Å². The van der Waals surface area contributed by atoms with Crippen molar-refractivity contribution in [2.45, 2.75) is 44.1 Å². The van der Waals surface area contributed by atoms with E-state index in [1.807, 2.05) is 0 Å². The van der Waals surface area contributed by atoms with Crippen LogP contribution in [0.5, 0.6) is 0 Å². The van der Waals surface area contributed by atoms with Crippen LogP contribution in [0.2, 0.25) is 0 Å². The molecule has 1 amide bonds. The molecule has 0 spiro atoms. The molecule has 7 nitrogen and oxygen atoms in total. The van der Waals surface area contributed by atoms with Crippen molar-refractivity contribution in [3.63, 3.8) is 0 Å². The standard InChI is InChI=1S/C16H20N4O3S/c21-15(18-19-16(24)17-12-7-8-12)14(10-3-1-4-10)11-5-2-6-13(9-11)20(22)23/h2,5-6,9-10,12,14H,1,3-4,7-8H2,(H,18,21)(H2,17,19,24). The third-order valence-electron chi connectivity index (χ3n) is 4.56. The minimum Gasteiger partial charge on any atom is -0.359 e. The molecule has 24 heavy (non-hydrogen) atoms. The van der Waals surface area contributed by atoms with Gasteiger partial charge in [-0.1, -0.05) is 18.6 Å². The molecule has 2 aliphatic rings. The van der Waals surface area contributed by atoms with Crippen molar-refractivity contribution in [3.8, 4) is 0 Å². The quantitative estimate of drug-likeness (QED) is 0.429. The maximum absolute atomic E-state index is 12.6. The van der Waals surface area contributed by atoms with Crippen molar-refractivity contribution in [2.75, 3.05) is 0 Å². The van der Waals surface area contributed by atoms with Gasteiger partial charge < -0.3 is 5.32 Å². The van der Waals surface area contributed by atoms with Crippen molar-refractivity contribution in [1.82, 2.24) is 16.2 Å². The van der Waals surface area contributed by atoms with Gasteiger partial charge >= 0.3 is 0 Å². The van der Waals surface area contributed by atoms with E-state index < -0.39 is 10.8 Å². The normalized spacial score (nSPS) is 18.2. The van der Waals surface area contributed by atoms with Gasteiger partial charge in [0.25, 0.3) is 5.69 Å². The van der Waals surface area contributed by atoms with Gasteiger partial charge in [-0.3, -0.25) is 25.8 Å². The molecular formula is C16H20N4O3S. The maximum atomic E-state index is 12.6. The molecule has 0 radical (unpaired) electrons. The highest BCUT2D eigenvalue weighted by atomic mass is 32.1. The number of nitrogens with one attached hydrogen (secondary N) is 3. The topological polar surface area (TPSA) is 96.3 Å². The van der Waals surface area contributed by atoms with Gasteiger partial charge in [-0.05, 0) is 49.4 Å². The van der Waals surface area contributed by atoms with Gasteiger partial charge in [0.2, 0.25) is 5.91 Å². The van der Waals surface area contributed by atoms with Crippen LogP contribution in [-0.4, -0.2) is 22.0 Å². The van der Waals surface area contributed by atoms with Crippen LogP contribution in [0.1, 0.15) is 43.6 Å². The first kappa shape index (κ1) is 16.6. The van der Waals surface area contributed by atoms with E-state index in [4.69, 9.17) is 12.2 Å². The Morgan fingerprint density at radius 3 is 2.58 bits per heavy atom. The number of nitrogens with zero attached hydrogens (tertiary/aromatic N) is 1. The lowest BCUT2D eigenvalue weighted by Crippen LogP contribution is -2.50. The molecule has 0 bridgehead atoms. The van der Waals surface area contributed by atoms with Crippen LogP contribution in [0.25, 0.3) is 0 Å². The van der Waals surface area contributed by atoms with E-state index in [-0.39, 0.29) is 17.5 Å². The molecule has 0 saturated heterocycles. The fourth-order valence-electron chi connectivity index (χ4n) is 2.89. The molecule has 128 valence electrons. The van der Waals surface area contributed by atoms with E-state index in [1.54, 1.807) is 12.1 Å². The Labute approximate surface area is 145 Å². The number of thiocarbonyl (C=S) groups is 1. The van der Waals surface area contributed by atoms with E-state index in [2.05, 4.69) is 16.2 Å². The second kappa shape index (κ2) is 7.12. The van der Waals surface area contributed by atoms with Crippen molar-refractivity contribution >= 4 is 28.9 Å². The molecule has 3 N–H and O–H groups in total. The molecule has 2 fully saturated rings. The third-order valence-corrected chi connectivity index (χ3v) is 4.78. The Hall–Kier alpha value is -2.22. The molecule has 1 unspecified atom stereocenters. The Morgan fingerprint density at radius 2 is 2.00 bits per heavy atom. The minimum atomic E-state index is -0.438. The number of hydrazine groups is 1. The van der Waals surface area contributed by atoms with E-state index >= 15 is 0 Å². The monoisotopic (exact) mass is 348 g/mol. The largest absolute Gasteiger partial charge is 0.359 e. The Balaban J connectivity index is 1.68. The van der Waals surface area contributed by atoms with E-state index in [0.717, 1.165) is 32.1 Å². The van der Waals surface area contributed by atoms with Gasteiger partial charge in [-0.2, -0.15) is 0 Å². The zero-order valence-electron chi connectivity index (χ0n) is 13.2. The lowest BCUT2D eigenvalue weighted by Gasteiger charge is -2.33. The highest BCUT2D eigenvalue weighted by Crippen LogP contribution is 2.40. The zero-order valence-corrected chi connectivity index (χ0v) is 14.0. The number of nitro groups is 1. The second-order valence-corrected chi connectivity index (χ2v) is 6.79. The number of carbonyl (C=O) groups excluding carboxylic acids is 1. The van der Waals surface area contributed by atoms with Gasteiger partial charge in [-0.25, -0.2) is 0 Å². The molecule has 1 atom stereocenters. The molecule has 0 aromatic heterocycles. The maximum Gasteiger partial charge on any atom is 0.269 e. The van der Waals surface area contributed by atoms with Gasteiger partial charge in [0.15, 0.2) is 5.11 Å². The predicted molar refractivity (Wildman–Crippen MR) is 93.2 cm³/mol. The summed E-state index contributed by atoms with van der Waals surface area (Å²) in [5, 5.41) is 14.5. The summed E-state index contributed by atoms with van der Waals surface area (Å²) in [4.78, 5) is 23.2. The number of carbonyl (C=O) groups is 1. The summed E-state index contributed by atoms with van der Waals surface area (Å²) in [6.45, 7) is 0. The Morgan fingerprint density at radius 1 is 1.25 bits per heavy atom. The average molecular weight is 348 g/mol. The number of amides is 1. The van der Waals surface area contributed by atoms with E-state index in [9.17, 15) is 14.9 Å². The van der Waals surface area contributed by atoms with Crippen molar-refractivity contribution < 1.29 is 9.72 Å². The summed E-state index contributed by atoms with van der Waals surface area (Å²) < 4.78 is 0. The summed E-state index contributed by atoms with van der Waals surface area (Å²) in [6.07, 6.45) is 5.16. The molecule has 1 aromatic carbocycles. The fraction of sp³-hybridized carbons (Fsp3) is 0.500. The van der Waals surface area contributed by atoms with Crippen LogP contribution < -0.4 is 16.2 Å². The number of non-ortho nitro benzene ring substituents is 1. The Bertz CT molecular complexity index is 658. The zero-order chi connectivity index (χ0) is 17.1. The molecule has 3 rings (SSSR count). The van der Waals surface area contributed by atoms with Crippen molar-refractivity contribution in [3.05, 3.63) is 39.9 Å². The molecule has 2 saturated carbocycles. The van der Waals surface area contributed by atoms with Crippen molar-refractivity contribution in [2.24, 2.45) is 5.92 Å². The van der Waals surface area contributed by atoms with E-state index in [0.29, 0.717) is 16.7 Å². The van der Waals surface area contributed by atoms with Crippen molar-refractivity contribution in [1.29, 1.82) is 0 Å². The fourth-order valence-corrected chi connectivity index (χ4v) is 3.11. The lowest BCUT2D eigenvalue weighted by molar-refractivity contribution is -0.384. The van der Waals surface area contributed by atoms with Gasteiger partial charge in [0.1, 0.15) is 0 Å². The van der Waals surface area contributed by atoms with Crippen LogP contribution in [0, 0.1) is 16.0 Å². The highest BCUT2D eigenvalue weighted by Gasteiger charge is 2.34. The second-order valence-electron chi connectivity index (χ2n) is 6.38. The number of hydrogen-bond donors (Lipinski definition) is 3. The SMILES string of the molecule is O=C(NNC(=S)NC1CC1)C(c1cccc([N+](=O)[O-])c1)C1CCC1. The average Bonchev–Trinajstić information content (AvgIpc) is 3.32. The Kier molecular flexibility index (Phi) is 4.94. The first-order valence-electron chi connectivity index (χ1n) is 8.15. The lowest BCUT2D eigenvalue weighted by atomic mass is 9.72. The number of hydrogen-bond acceptors (Lipinski definition) is 4. The first-order valence-corrected chi connectivity index (χ1v) is 8.56. The highest BCUT2D eigenvalue weighted by molar-refractivity contribution is 7.80. The predicted octanol–water partition coefficient (Wildman–Crippen LogP) is 2.14. The van der Waals surface area contributed by atoms with Crippen LogP contribution in [0.3, 0.4) is 0 Å². The van der Waals surface area contributed by atoms with Crippen LogP contribution in [0.15, 0.2) is 24.3 Å². The van der Waals surface area contributed by atoms with Gasteiger partial charge in [-0.15, -0.1) is 0 Å². The molecule has 0 heterocycles. The molecule has 2 aliphatic carbocycles. The first-order chi connectivity index (χ1) is 11.5. The summed E-state index contributed by atoms with van der Waals surface area (Å²) >= 11 is 5.13. The molecule has 8 heteroatoms. The summed E-state index contributed by atoms with van der Waals surface area (Å²) in [5.74, 6) is -0.409. The summed E-state index contributed by atoms with van der Waals surface area (Å²) in [5.41, 5.74) is 6.06.